The van der Waals surface area contributed by atoms with Gasteiger partial charge in [0, 0.05) is 17.3 Å². The Bertz CT molecular complexity index is 566. The number of aromatic nitrogens is 3. The Balaban J connectivity index is 1.96. The van der Waals surface area contributed by atoms with Crippen LogP contribution < -0.4 is 0 Å². The molecule has 100 valence electrons. The zero-order valence-corrected chi connectivity index (χ0v) is 12.4. The molecule has 5 heteroatoms. The van der Waals surface area contributed by atoms with Crippen LogP contribution in [0.4, 0.5) is 0 Å². The van der Waals surface area contributed by atoms with Crippen molar-refractivity contribution in [2.45, 2.75) is 25.0 Å². The van der Waals surface area contributed by atoms with Gasteiger partial charge < -0.3 is 4.57 Å². The monoisotopic (exact) mass is 293 g/mol. The van der Waals surface area contributed by atoms with Crippen molar-refractivity contribution in [3.05, 3.63) is 53.3 Å². The van der Waals surface area contributed by atoms with Gasteiger partial charge in [0.2, 0.25) is 0 Å². The summed E-state index contributed by atoms with van der Waals surface area (Å²) in [5, 5.41) is 10.0. The minimum atomic E-state index is 0.743. The van der Waals surface area contributed by atoms with Gasteiger partial charge in [0.15, 0.2) is 5.16 Å². The van der Waals surface area contributed by atoms with Crippen LogP contribution in [-0.4, -0.2) is 20.5 Å². The first kappa shape index (κ1) is 14.2. The summed E-state index contributed by atoms with van der Waals surface area (Å²) < 4.78 is 2.06. The van der Waals surface area contributed by atoms with Gasteiger partial charge in [-0.05, 0) is 25.0 Å². The lowest BCUT2D eigenvalue weighted by molar-refractivity contribution is 0.703. The molecule has 2 rings (SSSR count). The van der Waals surface area contributed by atoms with Crippen molar-refractivity contribution in [2.75, 3.05) is 5.75 Å². The maximum atomic E-state index is 6.14. The summed E-state index contributed by atoms with van der Waals surface area (Å²) in [5.41, 5.74) is 1.17. The Morgan fingerprint density at radius 1 is 1.37 bits per heavy atom. The molecule has 0 fully saturated rings. The quantitative estimate of drug-likeness (QED) is 0.600. The number of nitrogens with zero attached hydrogens (tertiary/aromatic N) is 3. The molecule has 0 saturated carbocycles. The second-order valence-electron chi connectivity index (χ2n) is 4.12. The van der Waals surface area contributed by atoms with Crippen LogP contribution in [0.5, 0.6) is 0 Å². The minimum absolute atomic E-state index is 0.743. The number of halogens is 1. The average molecular weight is 294 g/mol. The van der Waals surface area contributed by atoms with E-state index in [2.05, 4.69) is 27.4 Å². The van der Waals surface area contributed by atoms with Crippen LogP contribution in [0.25, 0.3) is 0 Å². The van der Waals surface area contributed by atoms with Gasteiger partial charge in [-0.1, -0.05) is 47.6 Å². The van der Waals surface area contributed by atoms with Crippen molar-refractivity contribution >= 4 is 23.4 Å². The summed E-state index contributed by atoms with van der Waals surface area (Å²) in [4.78, 5) is 0. The predicted molar refractivity (Wildman–Crippen MR) is 80.8 cm³/mol. The Morgan fingerprint density at radius 2 is 2.16 bits per heavy atom. The number of allylic oxidation sites excluding steroid dienone is 1. The molecule has 0 N–H and O–H groups in total. The van der Waals surface area contributed by atoms with E-state index in [0.29, 0.717) is 0 Å². The number of hydrogen-bond donors (Lipinski definition) is 0. The van der Waals surface area contributed by atoms with Crippen LogP contribution in [-0.2, 0) is 13.0 Å². The zero-order chi connectivity index (χ0) is 13.7. The third kappa shape index (κ3) is 3.61. The third-order valence-corrected chi connectivity index (χ3v) is 4.11. The first-order valence-corrected chi connectivity index (χ1v) is 7.45. The van der Waals surface area contributed by atoms with E-state index in [-0.39, 0.29) is 0 Å². The van der Waals surface area contributed by atoms with E-state index < -0.39 is 0 Å². The molecule has 0 unspecified atom stereocenters. The van der Waals surface area contributed by atoms with Crippen molar-refractivity contribution in [3.63, 3.8) is 0 Å². The molecule has 0 spiro atoms. The molecular weight excluding hydrogens is 278 g/mol. The smallest absolute Gasteiger partial charge is 0.191 e. The zero-order valence-electron chi connectivity index (χ0n) is 10.8. The summed E-state index contributed by atoms with van der Waals surface area (Å²) >= 11 is 7.83. The van der Waals surface area contributed by atoms with Gasteiger partial charge in [-0.2, -0.15) is 0 Å². The van der Waals surface area contributed by atoms with Crippen LogP contribution in [0, 0.1) is 6.92 Å². The molecule has 0 bridgehead atoms. The lowest BCUT2D eigenvalue weighted by Crippen LogP contribution is -2.01. The molecule has 0 aliphatic carbocycles. The number of hydrogen-bond acceptors (Lipinski definition) is 3. The van der Waals surface area contributed by atoms with E-state index in [4.69, 9.17) is 11.6 Å². The number of rotatable bonds is 6. The van der Waals surface area contributed by atoms with Gasteiger partial charge in [0.05, 0.1) is 0 Å². The minimum Gasteiger partial charge on any atom is -0.302 e. The predicted octanol–water partition coefficient (Wildman–Crippen LogP) is 3.76. The van der Waals surface area contributed by atoms with Crippen molar-refractivity contribution in [3.8, 4) is 0 Å². The highest BCUT2D eigenvalue weighted by Crippen LogP contribution is 2.21. The Kier molecular flexibility index (Phi) is 5.05. The highest BCUT2D eigenvalue weighted by Gasteiger charge is 2.08. The van der Waals surface area contributed by atoms with Crippen molar-refractivity contribution in [1.29, 1.82) is 0 Å². The van der Waals surface area contributed by atoms with E-state index in [9.17, 15) is 0 Å². The Morgan fingerprint density at radius 3 is 2.89 bits per heavy atom. The Hall–Kier alpha value is -1.26. The highest BCUT2D eigenvalue weighted by molar-refractivity contribution is 7.99. The summed E-state index contributed by atoms with van der Waals surface area (Å²) in [7, 11) is 0. The normalized spacial score (nSPS) is 10.6. The molecular formula is C14H16ClN3S. The number of thioether (sulfide) groups is 1. The molecule has 0 aliphatic rings. The van der Waals surface area contributed by atoms with E-state index in [1.807, 2.05) is 31.2 Å². The van der Waals surface area contributed by atoms with E-state index in [0.717, 1.165) is 34.7 Å². The largest absolute Gasteiger partial charge is 0.302 e. The second kappa shape index (κ2) is 6.78. The summed E-state index contributed by atoms with van der Waals surface area (Å²) in [6.45, 7) is 6.45. The SMILES string of the molecule is C=CCn1c(C)nnc1SCCc1ccccc1Cl. The number of benzene rings is 1. The van der Waals surface area contributed by atoms with Gasteiger partial charge in [-0.3, -0.25) is 0 Å². The molecule has 0 radical (unpaired) electrons. The molecule has 0 amide bonds. The van der Waals surface area contributed by atoms with Crippen LogP contribution in [0.15, 0.2) is 42.1 Å². The van der Waals surface area contributed by atoms with Gasteiger partial charge in [0.1, 0.15) is 5.82 Å². The van der Waals surface area contributed by atoms with E-state index >= 15 is 0 Å². The first-order valence-electron chi connectivity index (χ1n) is 6.09. The summed E-state index contributed by atoms with van der Waals surface area (Å²) in [5.74, 6) is 1.85. The fourth-order valence-electron chi connectivity index (χ4n) is 1.76. The van der Waals surface area contributed by atoms with Crippen molar-refractivity contribution < 1.29 is 0 Å². The fraction of sp³-hybridized carbons (Fsp3) is 0.286. The molecule has 1 aromatic heterocycles. The van der Waals surface area contributed by atoms with Gasteiger partial charge in [-0.15, -0.1) is 16.8 Å². The highest BCUT2D eigenvalue weighted by atomic mass is 35.5. The van der Waals surface area contributed by atoms with Gasteiger partial charge in [0.25, 0.3) is 0 Å². The van der Waals surface area contributed by atoms with Crippen LogP contribution >= 0.6 is 23.4 Å². The van der Waals surface area contributed by atoms with Crippen LogP contribution in [0.3, 0.4) is 0 Å². The lowest BCUT2D eigenvalue weighted by Gasteiger charge is -2.06. The van der Waals surface area contributed by atoms with E-state index in [1.165, 1.54) is 5.56 Å². The third-order valence-electron chi connectivity index (χ3n) is 2.77. The molecule has 1 aromatic carbocycles. The van der Waals surface area contributed by atoms with Gasteiger partial charge in [-0.25, -0.2) is 0 Å². The standard InChI is InChI=1S/C14H16ClN3S/c1-3-9-18-11(2)16-17-14(18)19-10-8-12-6-4-5-7-13(12)15/h3-7H,1,8-10H2,2H3. The van der Waals surface area contributed by atoms with Crippen LogP contribution in [0.2, 0.25) is 5.02 Å². The lowest BCUT2D eigenvalue weighted by atomic mass is 10.2. The fourth-order valence-corrected chi connectivity index (χ4v) is 2.96. The summed E-state index contributed by atoms with van der Waals surface area (Å²) in [6, 6.07) is 7.94. The molecule has 2 aromatic rings. The molecule has 1 heterocycles. The maximum absolute atomic E-state index is 6.14. The summed E-state index contributed by atoms with van der Waals surface area (Å²) in [6.07, 6.45) is 2.78. The maximum Gasteiger partial charge on any atom is 0.191 e. The number of aryl methyl sites for hydroxylation is 2. The average Bonchev–Trinajstić information content (AvgIpc) is 2.74. The molecule has 3 nitrogen and oxygen atoms in total. The Labute approximate surface area is 122 Å². The first-order chi connectivity index (χ1) is 9.22. The molecule has 0 aliphatic heterocycles. The molecule has 0 atom stereocenters. The van der Waals surface area contributed by atoms with Crippen molar-refractivity contribution in [1.82, 2.24) is 14.8 Å². The second-order valence-corrected chi connectivity index (χ2v) is 5.59. The molecule has 0 saturated heterocycles. The van der Waals surface area contributed by atoms with Crippen molar-refractivity contribution in [2.24, 2.45) is 0 Å². The molecule has 19 heavy (non-hydrogen) atoms. The van der Waals surface area contributed by atoms with Gasteiger partial charge >= 0.3 is 0 Å². The topological polar surface area (TPSA) is 30.7 Å². The van der Waals surface area contributed by atoms with E-state index in [1.54, 1.807) is 11.8 Å². The van der Waals surface area contributed by atoms with Crippen LogP contribution in [0.1, 0.15) is 11.4 Å².